The minimum atomic E-state index is -0.889. The van der Waals surface area contributed by atoms with E-state index in [4.69, 9.17) is 0 Å². The zero-order valence-electron chi connectivity index (χ0n) is 11.0. The Balaban J connectivity index is 1.88. The van der Waals surface area contributed by atoms with Crippen LogP contribution in [0.15, 0.2) is 24.3 Å². The van der Waals surface area contributed by atoms with Gasteiger partial charge in [-0.3, -0.25) is 0 Å². The number of anilines is 3. The van der Waals surface area contributed by atoms with Gasteiger partial charge in [0.2, 0.25) is 0 Å². The van der Waals surface area contributed by atoms with Crippen molar-refractivity contribution in [1.82, 2.24) is 9.97 Å². The molecule has 1 aliphatic carbocycles. The van der Waals surface area contributed by atoms with Gasteiger partial charge in [-0.2, -0.15) is 0 Å². The maximum atomic E-state index is 13.2. The Labute approximate surface area is 115 Å². The van der Waals surface area contributed by atoms with E-state index >= 15 is 0 Å². The van der Waals surface area contributed by atoms with E-state index in [0.29, 0.717) is 23.2 Å². The summed E-state index contributed by atoms with van der Waals surface area (Å²) in [7, 11) is 1.78. The monoisotopic (exact) mass is 276 g/mol. The van der Waals surface area contributed by atoms with Crippen LogP contribution in [0.3, 0.4) is 0 Å². The number of rotatable bonds is 4. The maximum Gasteiger partial charge on any atom is 0.160 e. The van der Waals surface area contributed by atoms with Crippen molar-refractivity contribution in [2.75, 3.05) is 17.7 Å². The van der Waals surface area contributed by atoms with E-state index in [1.54, 1.807) is 13.1 Å². The van der Waals surface area contributed by atoms with Crippen LogP contribution in [0.5, 0.6) is 0 Å². The van der Waals surface area contributed by atoms with Gasteiger partial charge in [0, 0.05) is 30.8 Å². The molecule has 1 heterocycles. The van der Waals surface area contributed by atoms with E-state index in [9.17, 15) is 8.78 Å². The Morgan fingerprint density at radius 2 is 1.80 bits per heavy atom. The molecule has 4 nitrogen and oxygen atoms in total. The van der Waals surface area contributed by atoms with Gasteiger partial charge in [0.1, 0.15) is 17.5 Å². The first-order chi connectivity index (χ1) is 9.65. The van der Waals surface area contributed by atoms with Crippen LogP contribution >= 0.6 is 0 Å². The minimum Gasteiger partial charge on any atom is -0.373 e. The van der Waals surface area contributed by atoms with Crippen LogP contribution < -0.4 is 10.6 Å². The summed E-state index contributed by atoms with van der Waals surface area (Å²) in [4.78, 5) is 8.80. The fraction of sp³-hybridized carbons (Fsp3) is 0.286. The first kappa shape index (κ1) is 12.8. The van der Waals surface area contributed by atoms with Crippen LogP contribution in [0.25, 0.3) is 0 Å². The molecule has 0 unspecified atom stereocenters. The van der Waals surface area contributed by atoms with E-state index in [0.717, 1.165) is 30.8 Å². The Morgan fingerprint density at radius 1 is 1.05 bits per heavy atom. The zero-order chi connectivity index (χ0) is 14.1. The molecule has 1 aromatic carbocycles. The molecule has 1 aliphatic rings. The quantitative estimate of drug-likeness (QED) is 0.898. The summed E-state index contributed by atoms with van der Waals surface area (Å²) in [6, 6.07) is 5.39. The Kier molecular flexibility index (Phi) is 3.22. The van der Waals surface area contributed by atoms with E-state index in [2.05, 4.69) is 20.6 Å². The molecule has 1 fully saturated rings. The molecule has 1 saturated carbocycles. The van der Waals surface area contributed by atoms with E-state index < -0.39 is 11.6 Å². The summed E-state index contributed by atoms with van der Waals surface area (Å²) in [5.74, 6) is 0.702. The summed E-state index contributed by atoms with van der Waals surface area (Å²) in [5.41, 5.74) is 0.450. The lowest BCUT2D eigenvalue weighted by Crippen LogP contribution is -2.03. The molecule has 3 rings (SSSR count). The van der Waals surface area contributed by atoms with Crippen molar-refractivity contribution in [2.24, 2.45) is 0 Å². The standard InChI is InChI=1S/C14H14F2N4/c1-17-12-7-13(20-14(19-12)8-2-3-8)18-9-4-5-10(15)11(16)6-9/h4-8H,2-3H2,1H3,(H2,17,18,19,20). The Hall–Kier alpha value is -2.24. The highest BCUT2D eigenvalue weighted by molar-refractivity contribution is 5.59. The van der Waals surface area contributed by atoms with Gasteiger partial charge >= 0.3 is 0 Å². The molecule has 0 amide bonds. The number of nitrogens with zero attached hydrogens (tertiary/aromatic N) is 2. The molecule has 2 N–H and O–H groups in total. The number of halogens is 2. The van der Waals surface area contributed by atoms with E-state index in [1.165, 1.54) is 6.07 Å². The average molecular weight is 276 g/mol. The molecule has 0 bridgehead atoms. The number of nitrogens with one attached hydrogen (secondary N) is 2. The van der Waals surface area contributed by atoms with Gasteiger partial charge in [0.25, 0.3) is 0 Å². The van der Waals surface area contributed by atoms with Crippen LogP contribution in [-0.4, -0.2) is 17.0 Å². The Morgan fingerprint density at radius 3 is 2.45 bits per heavy atom. The number of aromatic nitrogens is 2. The molecule has 0 spiro atoms. The van der Waals surface area contributed by atoms with Crippen molar-refractivity contribution < 1.29 is 8.78 Å². The largest absolute Gasteiger partial charge is 0.373 e. The van der Waals surface area contributed by atoms with Crippen LogP contribution in [0.4, 0.5) is 26.1 Å². The lowest BCUT2D eigenvalue weighted by atomic mass is 10.3. The SMILES string of the molecule is CNc1cc(Nc2ccc(F)c(F)c2)nc(C2CC2)n1. The molecule has 0 aliphatic heterocycles. The zero-order valence-corrected chi connectivity index (χ0v) is 11.0. The van der Waals surface area contributed by atoms with Crippen molar-refractivity contribution in [3.05, 3.63) is 41.7 Å². The number of hydrogen-bond donors (Lipinski definition) is 2. The van der Waals surface area contributed by atoms with Gasteiger partial charge in [0.15, 0.2) is 11.6 Å². The predicted molar refractivity (Wildman–Crippen MR) is 73.2 cm³/mol. The van der Waals surface area contributed by atoms with Crippen molar-refractivity contribution in [1.29, 1.82) is 0 Å². The van der Waals surface area contributed by atoms with Crippen molar-refractivity contribution >= 4 is 17.3 Å². The second kappa shape index (κ2) is 5.03. The molecule has 6 heteroatoms. The van der Waals surface area contributed by atoms with Gasteiger partial charge in [-0.15, -0.1) is 0 Å². The summed E-state index contributed by atoms with van der Waals surface area (Å²) < 4.78 is 26.1. The fourth-order valence-corrected chi connectivity index (χ4v) is 1.90. The van der Waals surface area contributed by atoms with Crippen LogP contribution in [-0.2, 0) is 0 Å². The van der Waals surface area contributed by atoms with Crippen LogP contribution in [0.2, 0.25) is 0 Å². The molecule has 0 atom stereocenters. The minimum absolute atomic E-state index is 0.411. The van der Waals surface area contributed by atoms with E-state index in [-0.39, 0.29) is 0 Å². The molecule has 1 aromatic heterocycles. The molecule has 0 radical (unpaired) electrons. The third-order valence-corrected chi connectivity index (χ3v) is 3.13. The van der Waals surface area contributed by atoms with Gasteiger partial charge in [-0.05, 0) is 25.0 Å². The smallest absolute Gasteiger partial charge is 0.160 e. The molecule has 2 aromatic rings. The number of hydrogen-bond acceptors (Lipinski definition) is 4. The fourth-order valence-electron chi connectivity index (χ4n) is 1.90. The van der Waals surface area contributed by atoms with Crippen LogP contribution in [0, 0.1) is 11.6 Å². The summed E-state index contributed by atoms with van der Waals surface area (Å²) in [5, 5.41) is 5.94. The first-order valence-corrected chi connectivity index (χ1v) is 6.44. The van der Waals surface area contributed by atoms with Crippen molar-refractivity contribution in [3.8, 4) is 0 Å². The van der Waals surface area contributed by atoms with Gasteiger partial charge in [-0.25, -0.2) is 18.7 Å². The molecular weight excluding hydrogens is 262 g/mol. The van der Waals surface area contributed by atoms with Crippen LogP contribution in [0.1, 0.15) is 24.6 Å². The normalized spacial score (nSPS) is 14.2. The summed E-state index contributed by atoms with van der Waals surface area (Å²) in [6.45, 7) is 0. The highest BCUT2D eigenvalue weighted by Gasteiger charge is 2.27. The first-order valence-electron chi connectivity index (χ1n) is 6.44. The summed E-state index contributed by atoms with van der Waals surface area (Å²) in [6.07, 6.45) is 2.19. The third-order valence-electron chi connectivity index (χ3n) is 3.13. The van der Waals surface area contributed by atoms with E-state index in [1.807, 2.05) is 0 Å². The second-order valence-electron chi connectivity index (χ2n) is 4.77. The van der Waals surface area contributed by atoms with Gasteiger partial charge in [0.05, 0.1) is 0 Å². The molecule has 20 heavy (non-hydrogen) atoms. The average Bonchev–Trinajstić information content (AvgIpc) is 3.27. The lowest BCUT2D eigenvalue weighted by molar-refractivity contribution is 0.509. The van der Waals surface area contributed by atoms with Gasteiger partial charge < -0.3 is 10.6 Å². The maximum absolute atomic E-state index is 13.2. The van der Waals surface area contributed by atoms with Gasteiger partial charge in [-0.1, -0.05) is 0 Å². The highest BCUT2D eigenvalue weighted by atomic mass is 19.2. The van der Waals surface area contributed by atoms with Crippen molar-refractivity contribution in [3.63, 3.8) is 0 Å². The second-order valence-corrected chi connectivity index (χ2v) is 4.77. The highest BCUT2D eigenvalue weighted by Crippen LogP contribution is 2.39. The molecule has 0 saturated heterocycles. The summed E-state index contributed by atoms with van der Waals surface area (Å²) >= 11 is 0. The molecular formula is C14H14F2N4. The molecule has 104 valence electrons. The lowest BCUT2D eigenvalue weighted by Gasteiger charge is -2.09. The Bertz CT molecular complexity index is 641. The predicted octanol–water partition coefficient (Wildman–Crippen LogP) is 3.42. The topological polar surface area (TPSA) is 49.8 Å². The third kappa shape index (κ3) is 2.68. The number of benzene rings is 1. The van der Waals surface area contributed by atoms with Crippen molar-refractivity contribution in [2.45, 2.75) is 18.8 Å².